The van der Waals surface area contributed by atoms with Crippen LogP contribution in [0.3, 0.4) is 0 Å². The van der Waals surface area contributed by atoms with Gasteiger partial charge in [-0.1, -0.05) is 18.9 Å². The van der Waals surface area contributed by atoms with Gasteiger partial charge >= 0.3 is 0 Å². The highest BCUT2D eigenvalue weighted by Crippen LogP contribution is 2.24. The Hall–Kier alpha value is -0.770. The van der Waals surface area contributed by atoms with E-state index in [2.05, 4.69) is 10.8 Å². The van der Waals surface area contributed by atoms with Gasteiger partial charge in [0.25, 0.3) is 10.1 Å². The molecule has 144 valence electrons. The number of halogens is 6. The standard InChI is InChI=1S/C14H22F6O3S/c1-2-8-23-24(21,22)9-11(17)13(19)14(20)12(18)10(16)6-4-3-5-7-15/h2,10-14H,1,3-9H2. The fourth-order valence-electron chi connectivity index (χ4n) is 1.83. The zero-order valence-corrected chi connectivity index (χ0v) is 13.8. The molecule has 5 atom stereocenters. The van der Waals surface area contributed by atoms with Crippen LogP contribution in [0.25, 0.3) is 0 Å². The lowest BCUT2D eigenvalue weighted by atomic mass is 10.0. The molecule has 0 aromatic rings. The Morgan fingerprint density at radius 2 is 1.50 bits per heavy atom. The fraction of sp³-hybridized carbons (Fsp3) is 0.857. The lowest BCUT2D eigenvalue weighted by Gasteiger charge is -2.22. The first-order valence-electron chi connectivity index (χ1n) is 7.40. The third-order valence-electron chi connectivity index (χ3n) is 3.14. The summed E-state index contributed by atoms with van der Waals surface area (Å²) in [6.45, 7) is 2.05. The molecule has 0 saturated heterocycles. The Morgan fingerprint density at radius 1 is 0.917 bits per heavy atom. The molecule has 0 aliphatic carbocycles. The van der Waals surface area contributed by atoms with Crippen molar-refractivity contribution in [3.63, 3.8) is 0 Å². The van der Waals surface area contributed by atoms with Gasteiger partial charge in [0.15, 0.2) is 24.7 Å². The van der Waals surface area contributed by atoms with Crippen molar-refractivity contribution >= 4 is 10.1 Å². The minimum atomic E-state index is -4.49. The maximum Gasteiger partial charge on any atom is 0.270 e. The Kier molecular flexibility index (Phi) is 11.4. The second-order valence-corrected chi connectivity index (χ2v) is 6.89. The molecule has 10 heteroatoms. The molecule has 0 N–H and O–H groups in total. The molecule has 0 saturated carbocycles. The Labute approximate surface area is 138 Å². The van der Waals surface area contributed by atoms with Crippen LogP contribution in [0.2, 0.25) is 0 Å². The minimum absolute atomic E-state index is 0.0675. The van der Waals surface area contributed by atoms with Gasteiger partial charge in [-0.25, -0.2) is 22.0 Å². The second kappa shape index (κ2) is 11.7. The summed E-state index contributed by atoms with van der Waals surface area (Å²) in [5.74, 6) is -1.53. The van der Waals surface area contributed by atoms with Gasteiger partial charge in [0, 0.05) is 0 Å². The van der Waals surface area contributed by atoms with E-state index in [0.29, 0.717) is 0 Å². The fourth-order valence-corrected chi connectivity index (χ4v) is 2.80. The van der Waals surface area contributed by atoms with Gasteiger partial charge in [0.05, 0.1) is 13.3 Å². The molecule has 0 aromatic heterocycles. The van der Waals surface area contributed by atoms with E-state index >= 15 is 0 Å². The molecule has 0 radical (unpaired) electrons. The summed E-state index contributed by atoms with van der Waals surface area (Å²) in [6.07, 6.45) is -13.5. The van der Waals surface area contributed by atoms with Crippen LogP contribution in [0.4, 0.5) is 26.3 Å². The molecule has 0 aromatic carbocycles. The number of unbranched alkanes of at least 4 members (excludes halogenated alkanes) is 2. The van der Waals surface area contributed by atoms with Crippen LogP contribution in [-0.2, 0) is 14.3 Å². The van der Waals surface area contributed by atoms with E-state index in [1.54, 1.807) is 0 Å². The van der Waals surface area contributed by atoms with Crippen molar-refractivity contribution in [1.82, 2.24) is 0 Å². The zero-order chi connectivity index (χ0) is 18.8. The van der Waals surface area contributed by atoms with E-state index in [4.69, 9.17) is 0 Å². The van der Waals surface area contributed by atoms with Gasteiger partial charge in [-0.15, -0.1) is 6.58 Å². The molecule has 5 unspecified atom stereocenters. The van der Waals surface area contributed by atoms with Crippen molar-refractivity contribution in [3.8, 4) is 0 Å². The average molecular weight is 384 g/mol. The highest BCUT2D eigenvalue weighted by molar-refractivity contribution is 7.86. The molecule has 0 spiro atoms. The molecule has 0 bridgehead atoms. The van der Waals surface area contributed by atoms with E-state index in [1.165, 1.54) is 0 Å². The highest BCUT2D eigenvalue weighted by Gasteiger charge is 2.41. The van der Waals surface area contributed by atoms with Crippen LogP contribution in [0.5, 0.6) is 0 Å². The number of hydrogen-bond acceptors (Lipinski definition) is 3. The van der Waals surface area contributed by atoms with E-state index in [0.717, 1.165) is 6.08 Å². The number of rotatable bonds is 14. The van der Waals surface area contributed by atoms with E-state index < -0.39 is 66.4 Å². The average Bonchev–Trinajstić information content (AvgIpc) is 2.54. The molecule has 24 heavy (non-hydrogen) atoms. The first-order valence-corrected chi connectivity index (χ1v) is 8.98. The Balaban J connectivity index is 4.49. The van der Waals surface area contributed by atoms with Crippen molar-refractivity contribution in [1.29, 1.82) is 0 Å². The molecule has 0 aliphatic heterocycles. The first kappa shape index (κ1) is 23.2. The Morgan fingerprint density at radius 3 is 2.04 bits per heavy atom. The smallest absolute Gasteiger partial charge is 0.266 e. The molecular formula is C14H22F6O3S. The summed E-state index contributed by atoms with van der Waals surface area (Å²) in [7, 11) is -4.49. The minimum Gasteiger partial charge on any atom is -0.266 e. The summed E-state index contributed by atoms with van der Waals surface area (Å²) >= 11 is 0. The summed E-state index contributed by atoms with van der Waals surface area (Å²) in [5, 5.41) is 0. The van der Waals surface area contributed by atoms with Crippen molar-refractivity contribution in [2.45, 2.75) is 56.5 Å². The number of alkyl halides is 6. The zero-order valence-electron chi connectivity index (χ0n) is 13.0. The summed E-state index contributed by atoms with van der Waals surface area (Å²) < 4.78 is 106. The van der Waals surface area contributed by atoms with E-state index in [9.17, 15) is 34.8 Å². The highest BCUT2D eigenvalue weighted by atomic mass is 32.2. The monoisotopic (exact) mass is 384 g/mol. The van der Waals surface area contributed by atoms with Crippen molar-refractivity contribution < 1.29 is 38.9 Å². The molecule has 0 aliphatic rings. The Bertz CT molecular complexity index is 448. The van der Waals surface area contributed by atoms with Gasteiger partial charge in [-0.2, -0.15) is 8.42 Å². The van der Waals surface area contributed by atoms with Crippen LogP contribution in [0.15, 0.2) is 12.7 Å². The number of hydrogen-bond donors (Lipinski definition) is 0. The van der Waals surface area contributed by atoms with Crippen LogP contribution in [0.1, 0.15) is 25.7 Å². The van der Waals surface area contributed by atoms with Crippen LogP contribution in [-0.4, -0.2) is 58.3 Å². The predicted octanol–water partition coefficient (Wildman–Crippen LogP) is 3.74. The molecule has 0 rings (SSSR count). The molecule has 0 amide bonds. The maximum absolute atomic E-state index is 13.6. The third kappa shape index (κ3) is 8.91. The van der Waals surface area contributed by atoms with Crippen molar-refractivity contribution in [3.05, 3.63) is 12.7 Å². The summed E-state index contributed by atoms with van der Waals surface area (Å²) in [6, 6.07) is 0. The summed E-state index contributed by atoms with van der Waals surface area (Å²) in [5.41, 5.74) is 0. The third-order valence-corrected chi connectivity index (χ3v) is 4.36. The first-order chi connectivity index (χ1) is 11.2. The molecule has 3 nitrogen and oxygen atoms in total. The van der Waals surface area contributed by atoms with Crippen LogP contribution >= 0.6 is 0 Å². The normalized spacial score (nSPS) is 18.6. The lowest BCUT2D eigenvalue weighted by molar-refractivity contribution is 0.00335. The lowest BCUT2D eigenvalue weighted by Crippen LogP contribution is -2.42. The van der Waals surface area contributed by atoms with Crippen molar-refractivity contribution in [2.24, 2.45) is 0 Å². The van der Waals surface area contributed by atoms with Crippen LogP contribution < -0.4 is 0 Å². The SMILES string of the molecule is C=CCOS(=O)(=O)CC(F)C(F)C(F)C(F)C(F)CCCCCF. The maximum atomic E-state index is 13.6. The largest absolute Gasteiger partial charge is 0.270 e. The second-order valence-electron chi connectivity index (χ2n) is 5.20. The molecular weight excluding hydrogens is 362 g/mol. The topological polar surface area (TPSA) is 43.4 Å². The molecule has 0 fully saturated rings. The van der Waals surface area contributed by atoms with E-state index in [-0.39, 0.29) is 19.3 Å². The van der Waals surface area contributed by atoms with Crippen LogP contribution in [0, 0.1) is 0 Å². The molecule has 0 heterocycles. The van der Waals surface area contributed by atoms with E-state index in [1.807, 2.05) is 0 Å². The summed E-state index contributed by atoms with van der Waals surface area (Å²) in [4.78, 5) is 0. The van der Waals surface area contributed by atoms with Gasteiger partial charge in [0.1, 0.15) is 11.9 Å². The quantitative estimate of drug-likeness (QED) is 0.198. The van der Waals surface area contributed by atoms with Gasteiger partial charge in [-0.05, 0) is 12.8 Å². The van der Waals surface area contributed by atoms with Gasteiger partial charge < -0.3 is 0 Å². The van der Waals surface area contributed by atoms with Gasteiger partial charge in [-0.3, -0.25) is 8.57 Å². The predicted molar refractivity (Wildman–Crippen MR) is 78.9 cm³/mol. The van der Waals surface area contributed by atoms with Crippen molar-refractivity contribution in [2.75, 3.05) is 19.0 Å². The van der Waals surface area contributed by atoms with Gasteiger partial charge in [0.2, 0.25) is 0 Å².